The number of anilines is 1. The molecule has 0 aliphatic rings. The second kappa shape index (κ2) is 6.21. The average molecular weight is 310 g/mol. The van der Waals surface area contributed by atoms with Gasteiger partial charge in [-0.1, -0.05) is 6.92 Å². The molecule has 0 aliphatic heterocycles. The maximum Gasteiger partial charge on any atom is 0.415 e. The number of aromatic amines is 1. The molecule has 1 heterocycles. The van der Waals surface area contributed by atoms with Crippen molar-refractivity contribution in [2.45, 2.75) is 52.2 Å². The van der Waals surface area contributed by atoms with Gasteiger partial charge in [0.25, 0.3) is 0 Å². The Labute approximate surface area is 128 Å². The van der Waals surface area contributed by atoms with Gasteiger partial charge in [-0.3, -0.25) is 9.69 Å². The third kappa shape index (κ3) is 3.87. The van der Waals surface area contributed by atoms with E-state index in [4.69, 9.17) is 4.74 Å². The van der Waals surface area contributed by atoms with Crippen molar-refractivity contribution in [2.24, 2.45) is 0 Å². The summed E-state index contributed by atoms with van der Waals surface area (Å²) in [5.74, 6) is -1.16. The molecule has 7 heteroatoms. The van der Waals surface area contributed by atoms with E-state index in [-0.39, 0.29) is 17.7 Å². The second-order valence-electron chi connectivity index (χ2n) is 6.16. The number of aromatic nitrogens is 1. The van der Waals surface area contributed by atoms with Crippen LogP contribution >= 0.6 is 0 Å². The number of carbonyl (C=O) groups is 2. The molecule has 0 bridgehead atoms. The molecule has 1 aromatic rings. The minimum Gasteiger partial charge on any atom is -0.479 e. The van der Waals surface area contributed by atoms with Gasteiger partial charge in [-0.15, -0.1) is 0 Å². The maximum absolute atomic E-state index is 12.5. The van der Waals surface area contributed by atoms with Gasteiger partial charge in [-0.25, -0.2) is 9.59 Å². The Morgan fingerprint density at radius 1 is 1.27 bits per heavy atom. The van der Waals surface area contributed by atoms with Gasteiger partial charge in [0.15, 0.2) is 0 Å². The molecule has 0 radical (unpaired) electrons. The van der Waals surface area contributed by atoms with E-state index >= 15 is 0 Å². The van der Waals surface area contributed by atoms with Crippen molar-refractivity contribution >= 4 is 17.7 Å². The van der Waals surface area contributed by atoms with Gasteiger partial charge in [-0.05, 0) is 40.2 Å². The highest BCUT2D eigenvalue weighted by atomic mass is 16.6. The second-order valence-corrected chi connectivity index (χ2v) is 6.16. The number of amides is 1. The molecule has 1 atom stereocenters. The van der Waals surface area contributed by atoms with Crippen LogP contribution in [0.25, 0.3) is 0 Å². The quantitative estimate of drug-likeness (QED) is 0.889. The van der Waals surface area contributed by atoms with Gasteiger partial charge < -0.3 is 14.8 Å². The maximum atomic E-state index is 12.5. The van der Waals surface area contributed by atoms with Crippen LogP contribution in [0.5, 0.6) is 0 Å². The van der Waals surface area contributed by atoms with Crippen LogP contribution in [0.1, 0.15) is 41.0 Å². The summed E-state index contributed by atoms with van der Waals surface area (Å²) in [7, 11) is 0. The molecule has 1 rings (SSSR count). The summed E-state index contributed by atoms with van der Waals surface area (Å²) < 4.78 is 5.31. The van der Waals surface area contributed by atoms with Crippen molar-refractivity contribution in [2.75, 3.05) is 4.90 Å². The molecule has 7 nitrogen and oxygen atoms in total. The fraction of sp³-hybridized carbons (Fsp3) is 0.533. The van der Waals surface area contributed by atoms with E-state index in [2.05, 4.69) is 4.98 Å². The summed E-state index contributed by atoms with van der Waals surface area (Å²) in [6, 6.07) is 2.62. The lowest BCUT2D eigenvalue weighted by Gasteiger charge is -2.37. The van der Waals surface area contributed by atoms with E-state index in [1.807, 2.05) is 0 Å². The summed E-state index contributed by atoms with van der Waals surface area (Å²) in [6.45, 7) is 8.18. The largest absolute Gasteiger partial charge is 0.479 e. The molecule has 0 aromatic carbocycles. The van der Waals surface area contributed by atoms with Crippen LogP contribution in [0, 0.1) is 0 Å². The first-order chi connectivity index (χ1) is 10.0. The van der Waals surface area contributed by atoms with Crippen molar-refractivity contribution in [3.05, 3.63) is 28.7 Å². The van der Waals surface area contributed by atoms with Crippen LogP contribution in [0.15, 0.2) is 23.1 Å². The third-order valence-electron chi connectivity index (χ3n) is 3.24. The minimum absolute atomic E-state index is 0.167. The Morgan fingerprint density at radius 2 is 1.86 bits per heavy atom. The summed E-state index contributed by atoms with van der Waals surface area (Å²) >= 11 is 0. The normalized spacial score (nSPS) is 14.0. The molecule has 1 amide bonds. The Bertz CT molecular complexity index is 597. The standard InChI is InChI=1S/C15H22N2O5/c1-6-15(5,12(19)20)17(13(21)22-14(2,3)4)10-7-8-11(18)16-9-10/h7-9H,6H2,1-5H3,(H,16,18)(H,19,20)/t15-/m1/s1. The lowest BCUT2D eigenvalue weighted by atomic mass is 9.96. The van der Waals surface area contributed by atoms with E-state index < -0.39 is 23.2 Å². The van der Waals surface area contributed by atoms with E-state index in [1.54, 1.807) is 27.7 Å². The summed E-state index contributed by atoms with van der Waals surface area (Å²) in [4.78, 5) is 38.9. The third-order valence-corrected chi connectivity index (χ3v) is 3.24. The number of hydrogen-bond donors (Lipinski definition) is 2. The van der Waals surface area contributed by atoms with Crippen molar-refractivity contribution < 1.29 is 19.4 Å². The van der Waals surface area contributed by atoms with Gasteiger partial charge >= 0.3 is 12.1 Å². The van der Waals surface area contributed by atoms with Gasteiger partial charge in [0, 0.05) is 12.3 Å². The van der Waals surface area contributed by atoms with Crippen LogP contribution < -0.4 is 10.5 Å². The Balaban J connectivity index is 3.38. The van der Waals surface area contributed by atoms with Gasteiger partial charge in [0.2, 0.25) is 5.56 Å². The highest BCUT2D eigenvalue weighted by molar-refractivity contribution is 5.97. The number of aliphatic carboxylic acids is 1. The monoisotopic (exact) mass is 310 g/mol. The molecule has 0 saturated carbocycles. The summed E-state index contributed by atoms with van der Waals surface area (Å²) in [6.07, 6.45) is 0.676. The van der Waals surface area contributed by atoms with E-state index in [0.29, 0.717) is 0 Å². The van der Waals surface area contributed by atoms with Crippen molar-refractivity contribution in [1.82, 2.24) is 4.98 Å². The zero-order valence-electron chi connectivity index (χ0n) is 13.5. The molecular weight excluding hydrogens is 288 g/mol. The zero-order valence-corrected chi connectivity index (χ0v) is 13.5. The molecule has 0 aliphatic carbocycles. The van der Waals surface area contributed by atoms with Gasteiger partial charge in [-0.2, -0.15) is 0 Å². The van der Waals surface area contributed by atoms with Crippen LogP contribution in [-0.2, 0) is 9.53 Å². The van der Waals surface area contributed by atoms with Crippen molar-refractivity contribution in [3.63, 3.8) is 0 Å². The number of H-pyrrole nitrogens is 1. The lowest BCUT2D eigenvalue weighted by molar-refractivity contribution is -0.142. The molecule has 0 unspecified atom stereocenters. The number of hydrogen-bond acceptors (Lipinski definition) is 4. The lowest BCUT2D eigenvalue weighted by Crippen LogP contribution is -2.56. The first kappa shape index (κ1) is 17.7. The van der Waals surface area contributed by atoms with E-state index in [1.165, 1.54) is 25.3 Å². The topological polar surface area (TPSA) is 99.7 Å². The first-order valence-corrected chi connectivity index (χ1v) is 6.96. The predicted octanol–water partition coefficient (Wildman–Crippen LogP) is 2.37. The van der Waals surface area contributed by atoms with Crippen LogP contribution in [-0.4, -0.2) is 33.3 Å². The number of carbonyl (C=O) groups excluding carboxylic acids is 1. The van der Waals surface area contributed by atoms with Crippen LogP contribution in [0.4, 0.5) is 10.5 Å². The van der Waals surface area contributed by atoms with Crippen LogP contribution in [0.2, 0.25) is 0 Å². The number of nitrogens with one attached hydrogen (secondary N) is 1. The Kier molecular flexibility index (Phi) is 5.01. The molecule has 0 saturated heterocycles. The first-order valence-electron chi connectivity index (χ1n) is 6.96. The predicted molar refractivity (Wildman–Crippen MR) is 82.1 cm³/mol. The summed E-state index contributed by atoms with van der Waals surface area (Å²) in [5, 5.41) is 9.54. The number of nitrogens with zero attached hydrogens (tertiary/aromatic N) is 1. The SMILES string of the molecule is CC[C@](C)(C(=O)O)N(C(=O)OC(C)(C)C)c1ccc(=O)[nH]c1. The highest BCUT2D eigenvalue weighted by Gasteiger charge is 2.44. The van der Waals surface area contributed by atoms with Crippen LogP contribution in [0.3, 0.4) is 0 Å². The number of rotatable bonds is 4. The number of carboxylic acids is 1. The van der Waals surface area contributed by atoms with E-state index in [0.717, 1.165) is 4.90 Å². The molecule has 2 N–H and O–H groups in total. The van der Waals surface area contributed by atoms with Crippen molar-refractivity contribution in [3.8, 4) is 0 Å². The van der Waals surface area contributed by atoms with Crippen molar-refractivity contribution in [1.29, 1.82) is 0 Å². The Hall–Kier alpha value is -2.31. The average Bonchev–Trinajstić information content (AvgIpc) is 2.38. The summed E-state index contributed by atoms with van der Waals surface area (Å²) in [5.41, 5.74) is -2.37. The molecule has 122 valence electrons. The Morgan fingerprint density at radius 3 is 2.23 bits per heavy atom. The fourth-order valence-corrected chi connectivity index (χ4v) is 1.85. The minimum atomic E-state index is -1.50. The highest BCUT2D eigenvalue weighted by Crippen LogP contribution is 2.28. The molecule has 22 heavy (non-hydrogen) atoms. The smallest absolute Gasteiger partial charge is 0.415 e. The van der Waals surface area contributed by atoms with Gasteiger partial charge in [0.1, 0.15) is 11.1 Å². The number of ether oxygens (including phenoxy) is 1. The molecule has 1 aromatic heterocycles. The molecule has 0 spiro atoms. The fourth-order valence-electron chi connectivity index (χ4n) is 1.85. The molecular formula is C15H22N2O5. The number of carboxylic acid groups (broad SMARTS) is 1. The molecule has 0 fully saturated rings. The van der Waals surface area contributed by atoms with Gasteiger partial charge in [0.05, 0.1) is 5.69 Å². The number of pyridine rings is 1. The zero-order chi connectivity index (χ0) is 17.1. The van der Waals surface area contributed by atoms with E-state index in [9.17, 15) is 19.5 Å².